The van der Waals surface area contributed by atoms with E-state index >= 15 is 0 Å². The van der Waals surface area contributed by atoms with Crippen molar-refractivity contribution in [1.29, 1.82) is 0 Å². The fourth-order valence-electron chi connectivity index (χ4n) is 2.07. The predicted molar refractivity (Wildman–Crippen MR) is 51.3 cm³/mol. The van der Waals surface area contributed by atoms with Gasteiger partial charge in [-0.2, -0.15) is 0 Å². The van der Waals surface area contributed by atoms with Crippen LogP contribution in [0, 0.1) is 11.3 Å². The van der Waals surface area contributed by atoms with Gasteiger partial charge >= 0.3 is 0 Å². The second kappa shape index (κ2) is 3.86. The second-order valence-corrected chi connectivity index (χ2v) is 4.05. The van der Waals surface area contributed by atoms with Crippen molar-refractivity contribution in [2.45, 2.75) is 32.6 Å². The Labute approximate surface area is 79.0 Å². The lowest BCUT2D eigenvalue weighted by atomic mass is 9.68. The van der Waals surface area contributed by atoms with E-state index in [9.17, 15) is 9.59 Å². The molecule has 0 spiro atoms. The number of carbonyl (C=O) groups is 2. The van der Waals surface area contributed by atoms with Crippen molar-refractivity contribution in [3.05, 3.63) is 12.7 Å². The van der Waals surface area contributed by atoms with Crippen LogP contribution in [0.25, 0.3) is 0 Å². The van der Waals surface area contributed by atoms with Crippen LogP contribution < -0.4 is 0 Å². The van der Waals surface area contributed by atoms with Crippen LogP contribution in [0.2, 0.25) is 0 Å². The molecule has 0 heterocycles. The number of carbonyl (C=O) groups excluding carboxylic acids is 2. The largest absolute Gasteiger partial charge is 0.303 e. The van der Waals surface area contributed by atoms with Gasteiger partial charge in [-0.05, 0) is 19.3 Å². The molecule has 1 aliphatic rings. The molecule has 1 rings (SSSR count). The first-order valence-corrected chi connectivity index (χ1v) is 4.74. The highest BCUT2D eigenvalue weighted by molar-refractivity contribution is 5.97. The molecule has 13 heavy (non-hydrogen) atoms. The molecule has 0 aromatic carbocycles. The Morgan fingerprint density at radius 1 is 1.69 bits per heavy atom. The van der Waals surface area contributed by atoms with Gasteiger partial charge in [-0.1, -0.05) is 19.4 Å². The average Bonchev–Trinajstić information content (AvgIpc) is 2.11. The van der Waals surface area contributed by atoms with Gasteiger partial charge in [-0.3, -0.25) is 4.79 Å². The summed E-state index contributed by atoms with van der Waals surface area (Å²) in [7, 11) is 0. The minimum Gasteiger partial charge on any atom is -0.303 e. The van der Waals surface area contributed by atoms with Crippen LogP contribution in [0.4, 0.5) is 0 Å². The molecule has 2 heteroatoms. The van der Waals surface area contributed by atoms with Gasteiger partial charge in [0.25, 0.3) is 0 Å². The highest BCUT2D eigenvalue weighted by Crippen LogP contribution is 2.38. The van der Waals surface area contributed by atoms with Crippen molar-refractivity contribution in [3.63, 3.8) is 0 Å². The molecule has 2 unspecified atom stereocenters. The third-order valence-corrected chi connectivity index (χ3v) is 2.93. The molecule has 0 aromatic rings. The van der Waals surface area contributed by atoms with E-state index in [0.29, 0.717) is 6.42 Å². The minimum atomic E-state index is -0.362. The van der Waals surface area contributed by atoms with Gasteiger partial charge in [-0.15, -0.1) is 6.58 Å². The van der Waals surface area contributed by atoms with Crippen LogP contribution in [-0.2, 0) is 9.59 Å². The van der Waals surface area contributed by atoms with Gasteiger partial charge in [0.1, 0.15) is 12.1 Å². The Balaban J connectivity index is 2.79. The van der Waals surface area contributed by atoms with Crippen molar-refractivity contribution in [1.82, 2.24) is 0 Å². The van der Waals surface area contributed by atoms with E-state index in [1.165, 1.54) is 0 Å². The molecule has 0 aromatic heterocycles. The zero-order valence-electron chi connectivity index (χ0n) is 8.08. The average molecular weight is 180 g/mol. The van der Waals surface area contributed by atoms with Gasteiger partial charge in [0.15, 0.2) is 0 Å². The summed E-state index contributed by atoms with van der Waals surface area (Å²) in [5, 5.41) is 0. The lowest BCUT2D eigenvalue weighted by Gasteiger charge is -2.33. The molecule has 2 atom stereocenters. The van der Waals surface area contributed by atoms with Crippen LogP contribution in [0.15, 0.2) is 12.7 Å². The molecule has 72 valence electrons. The molecule has 1 saturated carbocycles. The molecule has 2 nitrogen and oxygen atoms in total. The molecule has 0 saturated heterocycles. The van der Waals surface area contributed by atoms with E-state index in [1.807, 2.05) is 6.92 Å². The monoisotopic (exact) mass is 180 g/mol. The van der Waals surface area contributed by atoms with Crippen LogP contribution >= 0.6 is 0 Å². The van der Waals surface area contributed by atoms with Gasteiger partial charge in [0, 0.05) is 5.41 Å². The van der Waals surface area contributed by atoms with Gasteiger partial charge in [0.05, 0.1) is 5.92 Å². The molecule has 0 amide bonds. The number of allylic oxidation sites excluding steroid dienone is 1. The molecule has 0 radical (unpaired) electrons. The maximum Gasteiger partial charge on any atom is 0.149 e. The van der Waals surface area contributed by atoms with E-state index in [0.717, 1.165) is 25.5 Å². The Morgan fingerprint density at radius 3 is 2.92 bits per heavy atom. The number of ketones is 1. The molecule has 0 N–H and O–H groups in total. The number of hydrogen-bond donors (Lipinski definition) is 0. The first-order chi connectivity index (χ1) is 6.14. The van der Waals surface area contributed by atoms with E-state index in [1.54, 1.807) is 6.08 Å². The van der Waals surface area contributed by atoms with Gasteiger partial charge in [0.2, 0.25) is 0 Å². The standard InChI is InChI=1S/C11H16O2/c1-3-6-11(2)7-4-5-9(8-12)10(11)13/h3,8-9H,1,4-7H2,2H3. The first-order valence-electron chi connectivity index (χ1n) is 4.74. The summed E-state index contributed by atoms with van der Waals surface area (Å²) in [5.41, 5.74) is -0.328. The molecular formula is C11H16O2. The quantitative estimate of drug-likeness (QED) is 0.379. The summed E-state index contributed by atoms with van der Waals surface area (Å²) in [4.78, 5) is 22.4. The zero-order valence-corrected chi connectivity index (χ0v) is 8.08. The molecule has 1 aliphatic carbocycles. The van der Waals surface area contributed by atoms with E-state index in [4.69, 9.17) is 0 Å². The molecule has 0 bridgehead atoms. The number of hydrogen-bond acceptors (Lipinski definition) is 2. The minimum absolute atomic E-state index is 0.105. The zero-order chi connectivity index (χ0) is 9.90. The summed E-state index contributed by atoms with van der Waals surface area (Å²) >= 11 is 0. The Hall–Kier alpha value is -0.920. The fraction of sp³-hybridized carbons (Fsp3) is 0.636. The summed E-state index contributed by atoms with van der Waals surface area (Å²) in [6.45, 7) is 5.58. The SMILES string of the molecule is C=CCC1(C)CCCC(C=O)C1=O. The summed E-state index contributed by atoms with van der Waals surface area (Å²) in [6, 6.07) is 0. The summed E-state index contributed by atoms with van der Waals surface area (Å²) < 4.78 is 0. The number of aldehydes is 1. The van der Waals surface area contributed by atoms with E-state index in [2.05, 4.69) is 6.58 Å². The Bertz CT molecular complexity index is 232. The van der Waals surface area contributed by atoms with Crippen LogP contribution in [0.3, 0.4) is 0 Å². The smallest absolute Gasteiger partial charge is 0.149 e. The third kappa shape index (κ3) is 1.87. The van der Waals surface area contributed by atoms with Crippen molar-refractivity contribution in [3.8, 4) is 0 Å². The summed E-state index contributed by atoms with van der Waals surface area (Å²) in [5.74, 6) is -0.257. The number of Topliss-reactive ketones (excluding diaryl/α,β-unsaturated/α-hetero) is 1. The fourth-order valence-corrected chi connectivity index (χ4v) is 2.07. The lowest BCUT2D eigenvalue weighted by Crippen LogP contribution is -2.37. The highest BCUT2D eigenvalue weighted by atomic mass is 16.1. The maximum absolute atomic E-state index is 11.8. The van der Waals surface area contributed by atoms with Crippen molar-refractivity contribution < 1.29 is 9.59 Å². The molecular weight excluding hydrogens is 164 g/mol. The first kappa shape index (κ1) is 10.2. The Kier molecular flexibility index (Phi) is 3.02. The van der Waals surface area contributed by atoms with Crippen molar-refractivity contribution in [2.75, 3.05) is 0 Å². The summed E-state index contributed by atoms with van der Waals surface area (Å²) in [6.07, 6.45) is 5.85. The number of rotatable bonds is 3. The molecule has 0 aliphatic heterocycles. The Morgan fingerprint density at radius 2 is 2.38 bits per heavy atom. The second-order valence-electron chi connectivity index (χ2n) is 4.05. The van der Waals surface area contributed by atoms with Gasteiger partial charge < -0.3 is 4.79 Å². The topological polar surface area (TPSA) is 34.1 Å². The van der Waals surface area contributed by atoms with Crippen molar-refractivity contribution in [2.24, 2.45) is 11.3 Å². The van der Waals surface area contributed by atoms with Crippen LogP contribution in [0.5, 0.6) is 0 Å². The normalized spacial score (nSPS) is 34.2. The molecule has 1 fully saturated rings. The maximum atomic E-state index is 11.8. The van der Waals surface area contributed by atoms with Gasteiger partial charge in [-0.25, -0.2) is 0 Å². The highest BCUT2D eigenvalue weighted by Gasteiger charge is 2.39. The van der Waals surface area contributed by atoms with E-state index in [-0.39, 0.29) is 17.1 Å². The van der Waals surface area contributed by atoms with Crippen LogP contribution in [0.1, 0.15) is 32.6 Å². The van der Waals surface area contributed by atoms with E-state index < -0.39 is 0 Å². The van der Waals surface area contributed by atoms with Crippen LogP contribution in [-0.4, -0.2) is 12.1 Å². The predicted octanol–water partition coefficient (Wildman–Crippen LogP) is 2.14. The third-order valence-electron chi connectivity index (χ3n) is 2.93. The lowest BCUT2D eigenvalue weighted by molar-refractivity contribution is -0.138. The van der Waals surface area contributed by atoms with Crippen molar-refractivity contribution >= 4 is 12.1 Å².